The SMILES string of the molecule is CCC(O)(CC)C(O)CC1Cc2ccccc21. The van der Waals surface area contributed by atoms with E-state index in [9.17, 15) is 10.2 Å². The number of benzene rings is 1. The summed E-state index contributed by atoms with van der Waals surface area (Å²) in [5, 5.41) is 20.4. The van der Waals surface area contributed by atoms with E-state index in [1.165, 1.54) is 11.1 Å². The van der Waals surface area contributed by atoms with Crippen LogP contribution in [0.4, 0.5) is 0 Å². The van der Waals surface area contributed by atoms with Crippen LogP contribution in [0.5, 0.6) is 0 Å². The van der Waals surface area contributed by atoms with Gasteiger partial charge in [-0.25, -0.2) is 0 Å². The molecule has 1 aromatic rings. The molecule has 2 nitrogen and oxygen atoms in total. The predicted molar refractivity (Wildman–Crippen MR) is 69.0 cm³/mol. The summed E-state index contributed by atoms with van der Waals surface area (Å²) in [4.78, 5) is 0. The Hall–Kier alpha value is -0.860. The number of rotatable bonds is 5. The summed E-state index contributed by atoms with van der Waals surface area (Å²) in [5.74, 6) is 0.422. The van der Waals surface area contributed by atoms with Crippen molar-refractivity contribution in [2.75, 3.05) is 0 Å². The van der Waals surface area contributed by atoms with Crippen molar-refractivity contribution in [2.24, 2.45) is 0 Å². The molecule has 0 aromatic heterocycles. The molecule has 0 aliphatic heterocycles. The van der Waals surface area contributed by atoms with Crippen molar-refractivity contribution in [3.05, 3.63) is 35.4 Å². The van der Waals surface area contributed by atoms with Crippen molar-refractivity contribution < 1.29 is 10.2 Å². The van der Waals surface area contributed by atoms with Gasteiger partial charge in [-0.2, -0.15) is 0 Å². The number of hydrogen-bond donors (Lipinski definition) is 2. The molecule has 0 spiro atoms. The van der Waals surface area contributed by atoms with E-state index in [0.717, 1.165) is 6.42 Å². The van der Waals surface area contributed by atoms with Crippen LogP contribution in [0.1, 0.15) is 50.2 Å². The molecule has 0 fully saturated rings. The Labute approximate surface area is 103 Å². The monoisotopic (exact) mass is 234 g/mol. The molecule has 0 saturated heterocycles. The fourth-order valence-electron chi connectivity index (χ4n) is 2.78. The Bertz CT molecular complexity index is 382. The maximum absolute atomic E-state index is 10.3. The summed E-state index contributed by atoms with van der Waals surface area (Å²) < 4.78 is 0. The van der Waals surface area contributed by atoms with E-state index in [1.54, 1.807) is 0 Å². The van der Waals surface area contributed by atoms with E-state index in [4.69, 9.17) is 0 Å². The Morgan fingerprint density at radius 2 is 1.94 bits per heavy atom. The van der Waals surface area contributed by atoms with Crippen LogP contribution >= 0.6 is 0 Å². The topological polar surface area (TPSA) is 40.5 Å². The van der Waals surface area contributed by atoms with Crippen molar-refractivity contribution in [1.29, 1.82) is 0 Å². The van der Waals surface area contributed by atoms with E-state index in [0.29, 0.717) is 25.2 Å². The Morgan fingerprint density at radius 3 is 2.53 bits per heavy atom. The maximum Gasteiger partial charge on any atom is 0.0900 e. The average Bonchev–Trinajstić information content (AvgIpc) is 2.34. The molecular weight excluding hydrogens is 212 g/mol. The van der Waals surface area contributed by atoms with E-state index in [2.05, 4.69) is 18.2 Å². The van der Waals surface area contributed by atoms with Gasteiger partial charge in [-0.3, -0.25) is 0 Å². The lowest BCUT2D eigenvalue weighted by Gasteiger charge is -2.37. The molecule has 0 heterocycles. The molecule has 0 saturated carbocycles. The largest absolute Gasteiger partial charge is 0.390 e. The molecule has 0 radical (unpaired) electrons. The quantitative estimate of drug-likeness (QED) is 0.822. The number of aliphatic hydroxyl groups is 2. The van der Waals surface area contributed by atoms with E-state index < -0.39 is 11.7 Å². The molecule has 1 aliphatic rings. The Kier molecular flexibility index (Phi) is 3.55. The minimum Gasteiger partial charge on any atom is -0.390 e. The highest BCUT2D eigenvalue weighted by atomic mass is 16.3. The van der Waals surface area contributed by atoms with Crippen LogP contribution in [0, 0.1) is 0 Å². The van der Waals surface area contributed by atoms with Crippen LogP contribution in [0.15, 0.2) is 24.3 Å². The molecule has 2 N–H and O–H groups in total. The zero-order valence-corrected chi connectivity index (χ0v) is 10.7. The standard InChI is InChI=1S/C15H22O2/c1-3-15(17,4-2)14(16)10-12-9-11-7-5-6-8-13(11)12/h5-8,12,14,16-17H,3-4,9-10H2,1-2H3. The Balaban J connectivity index is 2.00. The second-order valence-electron chi connectivity index (χ2n) is 5.16. The first-order chi connectivity index (χ1) is 8.10. The van der Waals surface area contributed by atoms with Crippen LogP contribution < -0.4 is 0 Å². The number of hydrogen-bond acceptors (Lipinski definition) is 2. The van der Waals surface area contributed by atoms with Gasteiger partial charge >= 0.3 is 0 Å². The van der Waals surface area contributed by atoms with Crippen molar-refractivity contribution >= 4 is 0 Å². The van der Waals surface area contributed by atoms with Crippen molar-refractivity contribution in [3.8, 4) is 0 Å². The van der Waals surface area contributed by atoms with Crippen LogP contribution in [-0.4, -0.2) is 21.9 Å². The molecule has 1 aromatic carbocycles. The number of aliphatic hydroxyl groups excluding tert-OH is 1. The fourth-order valence-corrected chi connectivity index (χ4v) is 2.78. The molecule has 17 heavy (non-hydrogen) atoms. The van der Waals surface area contributed by atoms with Gasteiger partial charge in [0.15, 0.2) is 0 Å². The highest BCUT2D eigenvalue weighted by molar-refractivity contribution is 5.39. The van der Waals surface area contributed by atoms with Gasteiger partial charge in [0.1, 0.15) is 0 Å². The van der Waals surface area contributed by atoms with Crippen LogP contribution in [0.25, 0.3) is 0 Å². The van der Waals surface area contributed by atoms with Gasteiger partial charge in [0.05, 0.1) is 11.7 Å². The lowest BCUT2D eigenvalue weighted by molar-refractivity contribution is -0.0859. The summed E-state index contributed by atoms with van der Waals surface area (Å²) in [6.45, 7) is 3.86. The van der Waals surface area contributed by atoms with Gasteiger partial charge in [-0.1, -0.05) is 38.1 Å². The van der Waals surface area contributed by atoms with Gasteiger partial charge < -0.3 is 10.2 Å². The van der Waals surface area contributed by atoms with Gasteiger partial charge in [0, 0.05) is 0 Å². The van der Waals surface area contributed by atoms with Gasteiger partial charge in [0.25, 0.3) is 0 Å². The minimum absolute atomic E-state index is 0.422. The summed E-state index contributed by atoms with van der Waals surface area (Å²) in [6.07, 6.45) is 2.32. The van der Waals surface area contributed by atoms with Gasteiger partial charge in [0.2, 0.25) is 0 Å². The highest BCUT2D eigenvalue weighted by Gasteiger charge is 2.36. The normalized spacial score (nSPS) is 20.6. The van der Waals surface area contributed by atoms with Crippen molar-refractivity contribution in [3.63, 3.8) is 0 Å². The van der Waals surface area contributed by atoms with E-state index in [1.807, 2.05) is 19.9 Å². The number of fused-ring (bicyclic) bond motifs is 1. The van der Waals surface area contributed by atoms with E-state index >= 15 is 0 Å². The highest BCUT2D eigenvalue weighted by Crippen LogP contribution is 2.40. The first-order valence-corrected chi connectivity index (χ1v) is 6.59. The molecular formula is C15H22O2. The van der Waals surface area contributed by atoms with Crippen LogP contribution in [0.2, 0.25) is 0 Å². The van der Waals surface area contributed by atoms with Crippen LogP contribution in [0.3, 0.4) is 0 Å². The molecule has 94 valence electrons. The molecule has 2 heteroatoms. The second-order valence-corrected chi connectivity index (χ2v) is 5.16. The Morgan fingerprint density at radius 1 is 1.29 bits per heavy atom. The molecule has 0 amide bonds. The summed E-state index contributed by atoms with van der Waals surface area (Å²) in [5.41, 5.74) is 1.83. The third kappa shape index (κ3) is 2.24. The van der Waals surface area contributed by atoms with E-state index in [-0.39, 0.29) is 0 Å². The summed E-state index contributed by atoms with van der Waals surface area (Å²) in [7, 11) is 0. The summed E-state index contributed by atoms with van der Waals surface area (Å²) >= 11 is 0. The first kappa shape index (κ1) is 12.6. The predicted octanol–water partition coefficient (Wildman–Crippen LogP) is 2.63. The second kappa shape index (κ2) is 4.79. The third-order valence-corrected chi connectivity index (χ3v) is 4.31. The third-order valence-electron chi connectivity index (χ3n) is 4.31. The van der Waals surface area contributed by atoms with Crippen molar-refractivity contribution in [2.45, 2.75) is 57.2 Å². The minimum atomic E-state index is -0.912. The molecule has 2 atom stereocenters. The lowest BCUT2D eigenvalue weighted by Crippen LogP contribution is -2.43. The first-order valence-electron chi connectivity index (χ1n) is 6.59. The smallest absolute Gasteiger partial charge is 0.0900 e. The lowest BCUT2D eigenvalue weighted by atomic mass is 9.72. The van der Waals surface area contributed by atoms with Crippen molar-refractivity contribution in [1.82, 2.24) is 0 Å². The average molecular weight is 234 g/mol. The molecule has 1 aliphatic carbocycles. The molecule has 2 unspecified atom stereocenters. The van der Waals surface area contributed by atoms with Gasteiger partial charge in [-0.15, -0.1) is 0 Å². The van der Waals surface area contributed by atoms with Crippen LogP contribution in [-0.2, 0) is 6.42 Å². The molecule has 2 rings (SSSR count). The van der Waals surface area contributed by atoms with Gasteiger partial charge in [-0.05, 0) is 42.7 Å². The fraction of sp³-hybridized carbons (Fsp3) is 0.600. The molecule has 0 bridgehead atoms. The zero-order chi connectivity index (χ0) is 12.5. The zero-order valence-electron chi connectivity index (χ0n) is 10.7. The summed E-state index contributed by atoms with van der Waals surface area (Å²) in [6, 6.07) is 8.38. The maximum atomic E-state index is 10.3.